The summed E-state index contributed by atoms with van der Waals surface area (Å²) in [4.78, 5) is 2.33. The van der Waals surface area contributed by atoms with Crippen molar-refractivity contribution in [2.75, 3.05) is 4.90 Å². The van der Waals surface area contributed by atoms with Crippen LogP contribution in [0.3, 0.4) is 0 Å². The molecule has 2 aliphatic rings. The van der Waals surface area contributed by atoms with Gasteiger partial charge in [-0.3, -0.25) is 0 Å². The van der Waals surface area contributed by atoms with Crippen molar-refractivity contribution in [1.29, 1.82) is 0 Å². The minimum Gasteiger partial charge on any atom is -0.311 e. The molecule has 0 aromatic heterocycles. The van der Waals surface area contributed by atoms with E-state index in [0.29, 0.717) is 0 Å². The lowest BCUT2D eigenvalue weighted by Gasteiger charge is -2.30. The Morgan fingerprint density at radius 2 is 0.962 bits per heavy atom. The Balaban J connectivity index is 1.12. The van der Waals surface area contributed by atoms with E-state index in [1.165, 1.54) is 50.1 Å². The van der Waals surface area contributed by atoms with Crippen molar-refractivity contribution in [3.63, 3.8) is 0 Å². The molecule has 1 unspecified atom stereocenters. The first kappa shape index (κ1) is 31.4. The van der Waals surface area contributed by atoms with Crippen LogP contribution in [0.5, 0.6) is 0 Å². The van der Waals surface area contributed by atoms with E-state index in [2.05, 4.69) is 211 Å². The fourth-order valence-electron chi connectivity index (χ4n) is 7.96. The summed E-state index contributed by atoms with van der Waals surface area (Å²) < 4.78 is 0. The van der Waals surface area contributed by atoms with Crippen LogP contribution in [0.2, 0.25) is 0 Å². The zero-order valence-corrected chi connectivity index (χ0v) is 28.9. The molecule has 0 bridgehead atoms. The smallest absolute Gasteiger partial charge is 0.107 e. The predicted molar refractivity (Wildman–Crippen MR) is 218 cm³/mol. The van der Waals surface area contributed by atoms with Gasteiger partial charge in [-0.25, -0.2) is 0 Å². The van der Waals surface area contributed by atoms with E-state index in [9.17, 15) is 0 Å². The monoisotopic (exact) mass is 663 g/mol. The Morgan fingerprint density at radius 1 is 0.442 bits per heavy atom. The summed E-state index contributed by atoms with van der Waals surface area (Å²) >= 11 is 0. The highest BCUT2D eigenvalue weighted by Crippen LogP contribution is 2.55. The van der Waals surface area contributed by atoms with Gasteiger partial charge in [-0.1, -0.05) is 164 Å². The third kappa shape index (κ3) is 5.65. The van der Waals surface area contributed by atoms with Gasteiger partial charge in [-0.2, -0.15) is 0 Å². The maximum Gasteiger partial charge on any atom is 0.107 e. The van der Waals surface area contributed by atoms with Crippen LogP contribution in [-0.2, 0) is 5.41 Å². The maximum absolute atomic E-state index is 3.87. The Hall–Kier alpha value is -6.62. The predicted octanol–water partition coefficient (Wildman–Crippen LogP) is 12.8. The summed E-state index contributed by atoms with van der Waals surface area (Å²) in [5.41, 5.74) is 15.4. The van der Waals surface area contributed by atoms with Gasteiger partial charge in [0.1, 0.15) is 5.41 Å². The van der Waals surface area contributed by atoms with Gasteiger partial charge >= 0.3 is 0 Å². The lowest BCUT2D eigenvalue weighted by atomic mass is 9.70. The average Bonchev–Trinajstić information content (AvgIpc) is 3.52. The first-order valence-electron chi connectivity index (χ1n) is 18.1. The summed E-state index contributed by atoms with van der Waals surface area (Å²) in [7, 11) is 0. The molecule has 0 saturated heterocycles. The zero-order chi connectivity index (χ0) is 34.7. The summed E-state index contributed by atoms with van der Waals surface area (Å²) in [5, 5.41) is 0. The molecule has 52 heavy (non-hydrogen) atoms. The van der Waals surface area contributed by atoms with Crippen LogP contribution >= 0.6 is 0 Å². The van der Waals surface area contributed by atoms with E-state index in [4.69, 9.17) is 0 Å². The first-order valence-corrected chi connectivity index (χ1v) is 18.1. The Labute approximate surface area is 306 Å². The van der Waals surface area contributed by atoms with Crippen molar-refractivity contribution in [3.8, 4) is 23.0 Å². The summed E-state index contributed by atoms with van der Waals surface area (Å²) in [6, 6.07) is 69.3. The molecule has 7 aromatic carbocycles. The molecule has 7 aromatic rings. The Kier molecular flexibility index (Phi) is 8.20. The van der Waals surface area contributed by atoms with E-state index in [0.717, 1.165) is 35.5 Å². The van der Waals surface area contributed by atoms with Crippen molar-refractivity contribution in [2.24, 2.45) is 0 Å². The van der Waals surface area contributed by atoms with Crippen molar-refractivity contribution in [2.45, 2.75) is 18.3 Å². The number of anilines is 3. The molecule has 9 rings (SSSR count). The van der Waals surface area contributed by atoms with Crippen molar-refractivity contribution < 1.29 is 0 Å². The molecular formula is C51H37N. The molecule has 0 saturated carbocycles. The molecule has 0 radical (unpaired) electrons. The standard InChI is InChI=1S/C51H37N/c1-5-15-38(16-6-1)35-36-51(43-19-9-3-10-20-43)49-24-14-13-23-47(49)48-34-29-42(37-50(48)51)41-27-32-46(33-28-41)52(44-21-11-4-12-22-44)45-30-25-40(26-31-45)39-17-7-2-8-18-39/h1-28,30-33,37H,29,34H2. The maximum atomic E-state index is 3.87. The molecule has 246 valence electrons. The number of rotatable bonds is 6. The topological polar surface area (TPSA) is 3.24 Å². The van der Waals surface area contributed by atoms with Crippen LogP contribution in [0, 0.1) is 11.8 Å². The third-order valence-corrected chi connectivity index (χ3v) is 10.5. The van der Waals surface area contributed by atoms with Gasteiger partial charge in [0.05, 0.1) is 0 Å². The van der Waals surface area contributed by atoms with E-state index < -0.39 is 5.41 Å². The van der Waals surface area contributed by atoms with Crippen molar-refractivity contribution in [1.82, 2.24) is 0 Å². The number of hydrogen-bond acceptors (Lipinski definition) is 1. The van der Waals surface area contributed by atoms with Gasteiger partial charge in [-0.15, -0.1) is 0 Å². The average molecular weight is 664 g/mol. The fraction of sp³-hybridized carbons (Fsp3) is 0.0588. The number of allylic oxidation sites excluding steroid dienone is 4. The number of nitrogens with zero attached hydrogens (tertiary/aromatic N) is 1. The van der Waals surface area contributed by atoms with Gasteiger partial charge in [0, 0.05) is 22.6 Å². The molecule has 0 fully saturated rings. The second-order valence-corrected chi connectivity index (χ2v) is 13.5. The quantitative estimate of drug-likeness (QED) is 0.160. The van der Waals surface area contributed by atoms with E-state index in [1.54, 1.807) is 0 Å². The highest BCUT2D eigenvalue weighted by molar-refractivity contribution is 5.92. The van der Waals surface area contributed by atoms with Crippen molar-refractivity contribution in [3.05, 3.63) is 234 Å². The van der Waals surface area contributed by atoms with Crippen LogP contribution in [0.1, 0.15) is 40.7 Å². The largest absolute Gasteiger partial charge is 0.311 e. The summed E-state index contributed by atoms with van der Waals surface area (Å²) in [5.74, 6) is 7.47. The second kappa shape index (κ2) is 13.6. The molecule has 2 aliphatic carbocycles. The van der Waals surface area contributed by atoms with Gasteiger partial charge in [-0.05, 0) is 111 Å². The van der Waals surface area contributed by atoms with Crippen molar-refractivity contribution >= 4 is 28.2 Å². The highest BCUT2D eigenvalue weighted by Gasteiger charge is 2.45. The molecule has 1 nitrogen and oxygen atoms in total. The van der Waals surface area contributed by atoms with Gasteiger partial charge in [0.15, 0.2) is 0 Å². The highest BCUT2D eigenvalue weighted by atomic mass is 15.1. The molecule has 0 spiro atoms. The van der Waals surface area contributed by atoms with E-state index >= 15 is 0 Å². The molecule has 1 heteroatoms. The van der Waals surface area contributed by atoms with E-state index in [1.807, 2.05) is 6.07 Å². The summed E-state index contributed by atoms with van der Waals surface area (Å²) in [6.07, 6.45) is 4.41. The van der Waals surface area contributed by atoms with Crippen LogP contribution in [0.15, 0.2) is 206 Å². The molecule has 0 heterocycles. The van der Waals surface area contributed by atoms with Crippen LogP contribution in [0.25, 0.3) is 22.3 Å². The normalized spacial score (nSPS) is 15.9. The number of para-hydroxylation sites is 1. The second-order valence-electron chi connectivity index (χ2n) is 13.5. The lowest BCUT2D eigenvalue weighted by molar-refractivity contribution is 0.823. The Bertz CT molecular complexity index is 2470. The molecule has 1 atom stereocenters. The third-order valence-electron chi connectivity index (χ3n) is 10.5. The number of hydrogen-bond donors (Lipinski definition) is 0. The van der Waals surface area contributed by atoms with Gasteiger partial charge in [0.2, 0.25) is 0 Å². The van der Waals surface area contributed by atoms with Gasteiger partial charge < -0.3 is 4.90 Å². The van der Waals surface area contributed by atoms with E-state index in [-0.39, 0.29) is 0 Å². The fourth-order valence-corrected chi connectivity index (χ4v) is 7.96. The molecule has 0 aliphatic heterocycles. The minimum absolute atomic E-state index is 0.565. The lowest BCUT2D eigenvalue weighted by Crippen LogP contribution is -2.26. The van der Waals surface area contributed by atoms with Crippen LogP contribution in [0.4, 0.5) is 17.1 Å². The SMILES string of the molecule is C(#CC1(c2ccccc2)C2=C(CCC(c3ccc(N(c4ccccc4)c4ccc(-c5ccccc5)cc4)cc3)=C2)c2ccccc21)c1ccccc1. The number of benzene rings is 7. The molecule has 0 amide bonds. The molecule has 0 N–H and O–H groups in total. The summed E-state index contributed by atoms with van der Waals surface area (Å²) in [6.45, 7) is 0. The number of fused-ring (bicyclic) bond motifs is 2. The Morgan fingerprint density at radius 3 is 1.63 bits per heavy atom. The van der Waals surface area contributed by atoms with Gasteiger partial charge in [0.25, 0.3) is 0 Å². The van der Waals surface area contributed by atoms with Crippen LogP contribution < -0.4 is 4.90 Å². The first-order chi connectivity index (χ1) is 25.8. The molecular weight excluding hydrogens is 627 g/mol. The zero-order valence-electron chi connectivity index (χ0n) is 28.9. The minimum atomic E-state index is -0.565. The van der Waals surface area contributed by atoms with Crippen LogP contribution in [-0.4, -0.2) is 0 Å².